The van der Waals surface area contributed by atoms with Gasteiger partial charge in [-0.25, -0.2) is 4.79 Å². The summed E-state index contributed by atoms with van der Waals surface area (Å²) in [4.78, 5) is 11.6. The molecule has 2 unspecified atom stereocenters. The molecule has 0 aliphatic rings. The number of aliphatic hydroxyl groups is 1. The number of esters is 1. The molecule has 0 amide bonds. The van der Waals surface area contributed by atoms with Crippen molar-refractivity contribution in [2.45, 2.75) is 52.2 Å². The van der Waals surface area contributed by atoms with Crippen LogP contribution < -0.4 is 0 Å². The highest BCUT2D eigenvalue weighted by Crippen LogP contribution is 2.11. The van der Waals surface area contributed by atoms with Gasteiger partial charge < -0.3 is 14.6 Å². The van der Waals surface area contributed by atoms with Crippen molar-refractivity contribution < 1.29 is 19.4 Å². The van der Waals surface area contributed by atoms with Gasteiger partial charge in [0.25, 0.3) is 0 Å². The molecule has 0 radical (unpaired) electrons. The lowest BCUT2D eigenvalue weighted by Gasteiger charge is -2.17. The number of ether oxygens (including phenoxy) is 2. The highest BCUT2D eigenvalue weighted by molar-refractivity contribution is 5.87. The van der Waals surface area contributed by atoms with Crippen molar-refractivity contribution in [3.8, 4) is 0 Å². The molecule has 0 aromatic heterocycles. The van der Waals surface area contributed by atoms with Crippen LogP contribution in [0.25, 0.3) is 0 Å². The van der Waals surface area contributed by atoms with Crippen LogP contribution in [0.15, 0.2) is 12.2 Å². The molecule has 4 heteroatoms. The van der Waals surface area contributed by atoms with E-state index in [-0.39, 0.29) is 18.8 Å². The van der Waals surface area contributed by atoms with Crippen molar-refractivity contribution in [2.75, 3.05) is 13.2 Å². The molecule has 0 spiro atoms. The predicted molar refractivity (Wildman–Crippen MR) is 66.7 cm³/mol. The van der Waals surface area contributed by atoms with Crippen LogP contribution in [0.3, 0.4) is 0 Å². The van der Waals surface area contributed by atoms with Crippen LogP contribution in [0.5, 0.6) is 0 Å². The van der Waals surface area contributed by atoms with Crippen LogP contribution in [-0.2, 0) is 14.3 Å². The van der Waals surface area contributed by atoms with Gasteiger partial charge >= 0.3 is 5.97 Å². The Hall–Kier alpha value is -0.870. The highest BCUT2D eigenvalue weighted by Gasteiger charge is 2.17. The lowest BCUT2D eigenvalue weighted by Crippen LogP contribution is -2.23. The van der Waals surface area contributed by atoms with E-state index in [0.717, 1.165) is 12.8 Å². The fourth-order valence-electron chi connectivity index (χ4n) is 1.50. The highest BCUT2D eigenvalue weighted by atomic mass is 16.5. The van der Waals surface area contributed by atoms with Crippen LogP contribution in [-0.4, -0.2) is 36.5 Å². The van der Waals surface area contributed by atoms with Gasteiger partial charge in [-0.05, 0) is 20.3 Å². The lowest BCUT2D eigenvalue weighted by molar-refractivity contribution is -0.144. The maximum Gasteiger partial charge on any atom is 0.333 e. The normalized spacial score (nSPS) is 14.1. The maximum absolute atomic E-state index is 11.6. The molecule has 0 bridgehead atoms. The average Bonchev–Trinajstić information content (AvgIpc) is 2.28. The van der Waals surface area contributed by atoms with Gasteiger partial charge in [0.05, 0.1) is 18.8 Å². The SMILES string of the molecule is C=C(CC(CO)OCC)C(=O)OC(C)CCC. The zero-order chi connectivity index (χ0) is 13.3. The van der Waals surface area contributed by atoms with Crippen molar-refractivity contribution >= 4 is 5.97 Å². The number of aliphatic hydroxyl groups excluding tert-OH is 1. The molecule has 0 aliphatic heterocycles. The smallest absolute Gasteiger partial charge is 0.333 e. The summed E-state index contributed by atoms with van der Waals surface area (Å²) in [6.07, 6.45) is 1.65. The third-order valence-electron chi connectivity index (χ3n) is 2.37. The van der Waals surface area contributed by atoms with E-state index in [0.29, 0.717) is 18.6 Å². The molecule has 4 nitrogen and oxygen atoms in total. The van der Waals surface area contributed by atoms with E-state index in [4.69, 9.17) is 14.6 Å². The Balaban J connectivity index is 4.07. The Labute approximate surface area is 104 Å². The number of hydrogen-bond donors (Lipinski definition) is 1. The second kappa shape index (κ2) is 9.19. The molecule has 0 saturated carbocycles. The Morgan fingerprint density at radius 2 is 2.06 bits per heavy atom. The van der Waals surface area contributed by atoms with Crippen LogP contribution in [0.2, 0.25) is 0 Å². The van der Waals surface area contributed by atoms with E-state index >= 15 is 0 Å². The van der Waals surface area contributed by atoms with Gasteiger partial charge in [0.15, 0.2) is 0 Å². The van der Waals surface area contributed by atoms with Crippen molar-refractivity contribution in [3.05, 3.63) is 12.2 Å². The topological polar surface area (TPSA) is 55.8 Å². The van der Waals surface area contributed by atoms with Gasteiger partial charge in [-0.15, -0.1) is 0 Å². The molecule has 2 atom stereocenters. The third-order valence-corrected chi connectivity index (χ3v) is 2.37. The Bertz CT molecular complexity index is 238. The molecule has 0 aliphatic carbocycles. The number of carbonyl (C=O) groups excluding carboxylic acids is 1. The molecule has 0 aromatic carbocycles. The van der Waals surface area contributed by atoms with E-state index in [1.54, 1.807) is 0 Å². The molecular weight excluding hydrogens is 220 g/mol. The molecule has 1 N–H and O–H groups in total. The van der Waals surface area contributed by atoms with E-state index in [1.807, 2.05) is 20.8 Å². The Morgan fingerprint density at radius 3 is 2.53 bits per heavy atom. The molecule has 100 valence electrons. The van der Waals surface area contributed by atoms with E-state index in [2.05, 4.69) is 6.58 Å². The first-order valence-electron chi connectivity index (χ1n) is 6.16. The standard InChI is InChI=1S/C13H24O4/c1-5-7-11(4)17-13(15)10(3)8-12(9-14)16-6-2/h11-12,14H,3,5-9H2,1-2,4H3. The zero-order valence-electron chi connectivity index (χ0n) is 11.1. The van der Waals surface area contributed by atoms with E-state index in [9.17, 15) is 4.79 Å². The number of rotatable bonds is 9. The van der Waals surface area contributed by atoms with Gasteiger partial charge in [0.1, 0.15) is 0 Å². The minimum atomic E-state index is -0.399. The molecular formula is C13H24O4. The summed E-state index contributed by atoms with van der Waals surface area (Å²) in [6, 6.07) is 0. The predicted octanol–water partition coefficient (Wildman–Crippen LogP) is 2.06. The molecule has 17 heavy (non-hydrogen) atoms. The summed E-state index contributed by atoms with van der Waals surface area (Å²) in [5.74, 6) is -0.399. The molecule has 0 aromatic rings. The summed E-state index contributed by atoms with van der Waals surface area (Å²) >= 11 is 0. The number of hydrogen-bond acceptors (Lipinski definition) is 4. The average molecular weight is 244 g/mol. The molecule has 0 heterocycles. The summed E-state index contributed by atoms with van der Waals surface area (Å²) in [7, 11) is 0. The van der Waals surface area contributed by atoms with Crippen molar-refractivity contribution in [2.24, 2.45) is 0 Å². The minimum Gasteiger partial charge on any atom is -0.459 e. The van der Waals surface area contributed by atoms with Gasteiger partial charge in [0, 0.05) is 18.6 Å². The first-order valence-corrected chi connectivity index (χ1v) is 6.16. The van der Waals surface area contributed by atoms with Crippen molar-refractivity contribution in [1.29, 1.82) is 0 Å². The van der Waals surface area contributed by atoms with Gasteiger partial charge in [-0.3, -0.25) is 0 Å². The lowest BCUT2D eigenvalue weighted by atomic mass is 10.1. The summed E-state index contributed by atoms with van der Waals surface area (Å²) in [6.45, 7) is 9.79. The Morgan fingerprint density at radius 1 is 1.41 bits per heavy atom. The minimum absolute atomic E-state index is 0.0936. The molecule has 0 saturated heterocycles. The summed E-state index contributed by atoms with van der Waals surface area (Å²) in [5.41, 5.74) is 0.348. The maximum atomic E-state index is 11.6. The van der Waals surface area contributed by atoms with Crippen molar-refractivity contribution in [1.82, 2.24) is 0 Å². The fraction of sp³-hybridized carbons (Fsp3) is 0.769. The zero-order valence-corrected chi connectivity index (χ0v) is 11.1. The van der Waals surface area contributed by atoms with Gasteiger partial charge in [0.2, 0.25) is 0 Å². The van der Waals surface area contributed by atoms with Gasteiger partial charge in [-0.1, -0.05) is 19.9 Å². The third kappa shape index (κ3) is 7.13. The first-order chi connectivity index (χ1) is 8.04. The monoisotopic (exact) mass is 244 g/mol. The van der Waals surface area contributed by atoms with Crippen LogP contribution in [0, 0.1) is 0 Å². The van der Waals surface area contributed by atoms with E-state index < -0.39 is 5.97 Å². The molecule has 0 fully saturated rings. The van der Waals surface area contributed by atoms with Crippen molar-refractivity contribution in [3.63, 3.8) is 0 Å². The number of carbonyl (C=O) groups is 1. The second-order valence-corrected chi connectivity index (χ2v) is 4.07. The Kier molecular flexibility index (Phi) is 8.72. The molecule has 0 rings (SSSR count). The van der Waals surface area contributed by atoms with Gasteiger partial charge in [-0.2, -0.15) is 0 Å². The summed E-state index contributed by atoms with van der Waals surface area (Å²) < 4.78 is 10.4. The largest absolute Gasteiger partial charge is 0.459 e. The first kappa shape index (κ1) is 16.1. The van der Waals surface area contributed by atoms with Crippen LogP contribution in [0.1, 0.15) is 40.0 Å². The van der Waals surface area contributed by atoms with Crippen LogP contribution in [0.4, 0.5) is 0 Å². The fourth-order valence-corrected chi connectivity index (χ4v) is 1.50. The second-order valence-electron chi connectivity index (χ2n) is 4.07. The van der Waals surface area contributed by atoms with Crippen LogP contribution >= 0.6 is 0 Å². The quantitative estimate of drug-likeness (QED) is 0.498. The summed E-state index contributed by atoms with van der Waals surface area (Å²) in [5, 5.41) is 9.04. The van der Waals surface area contributed by atoms with E-state index in [1.165, 1.54) is 0 Å².